The van der Waals surface area contributed by atoms with Crippen molar-refractivity contribution in [3.05, 3.63) is 53.8 Å². The molecular formula is C17H17FN2O3. The minimum absolute atomic E-state index is 0.0548. The Kier molecular flexibility index (Phi) is 5.30. The summed E-state index contributed by atoms with van der Waals surface area (Å²) in [7, 11) is 1.49. The van der Waals surface area contributed by atoms with Crippen LogP contribution in [0.2, 0.25) is 0 Å². The van der Waals surface area contributed by atoms with E-state index in [1.807, 2.05) is 0 Å². The van der Waals surface area contributed by atoms with Gasteiger partial charge in [-0.15, -0.1) is 0 Å². The molecule has 0 unspecified atom stereocenters. The van der Waals surface area contributed by atoms with Crippen LogP contribution in [0.4, 0.5) is 15.8 Å². The molecule has 5 nitrogen and oxygen atoms in total. The zero-order valence-electron chi connectivity index (χ0n) is 12.9. The Balaban J connectivity index is 2.09. The van der Waals surface area contributed by atoms with E-state index in [1.165, 1.54) is 26.2 Å². The quantitative estimate of drug-likeness (QED) is 0.891. The molecule has 2 aromatic rings. The van der Waals surface area contributed by atoms with Crippen LogP contribution in [0, 0.1) is 5.82 Å². The van der Waals surface area contributed by atoms with Gasteiger partial charge in [-0.2, -0.15) is 0 Å². The van der Waals surface area contributed by atoms with Crippen molar-refractivity contribution in [2.24, 2.45) is 0 Å². The number of benzene rings is 2. The van der Waals surface area contributed by atoms with Gasteiger partial charge in [0.2, 0.25) is 11.8 Å². The average molecular weight is 316 g/mol. The van der Waals surface area contributed by atoms with Crippen molar-refractivity contribution in [1.29, 1.82) is 0 Å². The summed E-state index contributed by atoms with van der Waals surface area (Å²) in [6.07, 6.45) is 0.0548. The second kappa shape index (κ2) is 7.40. The van der Waals surface area contributed by atoms with E-state index in [2.05, 4.69) is 10.6 Å². The highest BCUT2D eigenvalue weighted by Gasteiger charge is 2.09. The number of methoxy groups -OCH3 is 1. The number of ether oxygens (including phenoxy) is 1. The van der Waals surface area contributed by atoms with Crippen LogP contribution in [0.25, 0.3) is 0 Å². The molecule has 23 heavy (non-hydrogen) atoms. The molecule has 0 aliphatic rings. The van der Waals surface area contributed by atoms with E-state index in [0.29, 0.717) is 22.7 Å². The van der Waals surface area contributed by atoms with E-state index in [0.717, 1.165) is 0 Å². The Hall–Kier alpha value is -2.89. The van der Waals surface area contributed by atoms with Gasteiger partial charge < -0.3 is 15.4 Å². The summed E-state index contributed by atoms with van der Waals surface area (Å²) in [5.41, 5.74) is 1.55. The molecule has 2 N–H and O–H groups in total. The molecule has 0 fully saturated rings. The summed E-state index contributed by atoms with van der Waals surface area (Å²) in [4.78, 5) is 23.2. The number of rotatable bonds is 5. The van der Waals surface area contributed by atoms with E-state index < -0.39 is 0 Å². The van der Waals surface area contributed by atoms with E-state index in [1.54, 1.807) is 30.3 Å². The smallest absolute Gasteiger partial charge is 0.228 e. The van der Waals surface area contributed by atoms with E-state index in [9.17, 15) is 14.0 Å². The van der Waals surface area contributed by atoms with Crippen LogP contribution in [-0.4, -0.2) is 18.9 Å². The highest BCUT2D eigenvalue weighted by atomic mass is 19.1. The van der Waals surface area contributed by atoms with Crippen molar-refractivity contribution in [2.45, 2.75) is 13.3 Å². The summed E-state index contributed by atoms with van der Waals surface area (Å²) in [5, 5.41) is 5.34. The lowest BCUT2D eigenvalue weighted by molar-refractivity contribution is -0.115. The van der Waals surface area contributed by atoms with E-state index in [-0.39, 0.29) is 24.1 Å². The van der Waals surface area contributed by atoms with Gasteiger partial charge in [0.1, 0.15) is 11.6 Å². The molecule has 0 saturated carbocycles. The summed E-state index contributed by atoms with van der Waals surface area (Å²) in [6.45, 7) is 1.38. The Bertz CT molecular complexity index is 732. The van der Waals surface area contributed by atoms with Crippen LogP contribution in [0.15, 0.2) is 42.5 Å². The van der Waals surface area contributed by atoms with E-state index >= 15 is 0 Å². The first-order valence-corrected chi connectivity index (χ1v) is 6.98. The number of carbonyl (C=O) groups excluding carboxylic acids is 2. The maximum absolute atomic E-state index is 13.1. The lowest BCUT2D eigenvalue weighted by Gasteiger charge is -2.12. The van der Waals surface area contributed by atoms with Crippen molar-refractivity contribution in [3.63, 3.8) is 0 Å². The Morgan fingerprint density at radius 1 is 1.13 bits per heavy atom. The lowest BCUT2D eigenvalue weighted by atomic mass is 10.1. The molecule has 0 saturated heterocycles. The highest BCUT2D eigenvalue weighted by molar-refractivity contribution is 5.95. The van der Waals surface area contributed by atoms with Crippen molar-refractivity contribution in [1.82, 2.24) is 0 Å². The number of halogens is 1. The summed E-state index contributed by atoms with van der Waals surface area (Å²) in [5.74, 6) is -0.419. The summed E-state index contributed by atoms with van der Waals surface area (Å²) >= 11 is 0. The number of amides is 2. The van der Waals surface area contributed by atoms with Crippen LogP contribution in [0.1, 0.15) is 12.5 Å². The van der Waals surface area contributed by atoms with Gasteiger partial charge in [-0.05, 0) is 35.9 Å². The third-order valence-electron chi connectivity index (χ3n) is 3.05. The largest absolute Gasteiger partial charge is 0.495 e. The fraction of sp³-hybridized carbons (Fsp3) is 0.176. The number of carbonyl (C=O) groups is 2. The van der Waals surface area contributed by atoms with Gasteiger partial charge in [0, 0.05) is 12.6 Å². The Morgan fingerprint density at radius 3 is 2.57 bits per heavy atom. The number of hydrogen-bond acceptors (Lipinski definition) is 3. The molecule has 2 amide bonds. The predicted octanol–water partition coefficient (Wildman–Crippen LogP) is 2.97. The van der Waals surface area contributed by atoms with Crippen LogP contribution < -0.4 is 15.4 Å². The number of nitrogens with one attached hydrogen (secondary N) is 2. The first-order chi connectivity index (χ1) is 11.0. The first-order valence-electron chi connectivity index (χ1n) is 6.98. The van der Waals surface area contributed by atoms with Gasteiger partial charge in [-0.25, -0.2) is 4.39 Å². The zero-order valence-corrected chi connectivity index (χ0v) is 12.9. The van der Waals surface area contributed by atoms with Crippen molar-refractivity contribution in [3.8, 4) is 5.75 Å². The normalized spacial score (nSPS) is 10.0. The SMILES string of the molecule is COc1ccc(NC(=O)Cc2cccc(F)c2)cc1NC(C)=O. The molecular weight excluding hydrogens is 299 g/mol. The highest BCUT2D eigenvalue weighted by Crippen LogP contribution is 2.27. The molecule has 0 aliphatic heterocycles. The van der Waals surface area contributed by atoms with Crippen LogP contribution >= 0.6 is 0 Å². The fourth-order valence-corrected chi connectivity index (χ4v) is 2.11. The molecule has 0 heterocycles. The van der Waals surface area contributed by atoms with Gasteiger partial charge in [0.15, 0.2) is 0 Å². The third kappa shape index (κ3) is 4.81. The van der Waals surface area contributed by atoms with Crippen LogP contribution in [-0.2, 0) is 16.0 Å². The molecule has 0 aromatic heterocycles. The van der Waals surface area contributed by atoms with Crippen LogP contribution in [0.5, 0.6) is 5.75 Å². The van der Waals surface area contributed by atoms with Gasteiger partial charge in [0.05, 0.1) is 19.2 Å². The fourth-order valence-electron chi connectivity index (χ4n) is 2.11. The molecule has 6 heteroatoms. The van der Waals surface area contributed by atoms with Gasteiger partial charge >= 0.3 is 0 Å². The Labute approximate surface area is 133 Å². The average Bonchev–Trinajstić information content (AvgIpc) is 2.46. The molecule has 2 aromatic carbocycles. The standard InChI is InChI=1S/C17H17FN2O3/c1-11(21)19-15-10-14(6-7-16(15)23-2)20-17(22)9-12-4-3-5-13(18)8-12/h3-8,10H,9H2,1-2H3,(H,19,21)(H,20,22). The molecule has 0 aliphatic carbocycles. The lowest BCUT2D eigenvalue weighted by Crippen LogP contribution is -2.15. The first kappa shape index (κ1) is 16.5. The molecule has 120 valence electrons. The number of hydrogen-bond donors (Lipinski definition) is 2. The monoisotopic (exact) mass is 316 g/mol. The van der Waals surface area contributed by atoms with Gasteiger partial charge in [-0.3, -0.25) is 9.59 Å². The van der Waals surface area contributed by atoms with Crippen molar-refractivity contribution >= 4 is 23.2 Å². The summed E-state index contributed by atoms with van der Waals surface area (Å²) < 4.78 is 18.3. The topological polar surface area (TPSA) is 67.4 Å². The summed E-state index contributed by atoms with van der Waals surface area (Å²) in [6, 6.07) is 10.8. The molecule has 0 spiro atoms. The number of anilines is 2. The third-order valence-corrected chi connectivity index (χ3v) is 3.05. The minimum atomic E-state index is -0.382. The maximum Gasteiger partial charge on any atom is 0.228 e. The zero-order chi connectivity index (χ0) is 16.8. The van der Waals surface area contributed by atoms with Crippen molar-refractivity contribution in [2.75, 3.05) is 17.7 Å². The van der Waals surface area contributed by atoms with Gasteiger partial charge in [0.25, 0.3) is 0 Å². The molecule has 0 atom stereocenters. The van der Waals surface area contributed by atoms with Crippen LogP contribution in [0.3, 0.4) is 0 Å². The maximum atomic E-state index is 13.1. The molecule has 2 rings (SSSR count). The molecule has 0 radical (unpaired) electrons. The van der Waals surface area contributed by atoms with Gasteiger partial charge in [-0.1, -0.05) is 12.1 Å². The molecule has 0 bridgehead atoms. The predicted molar refractivity (Wildman–Crippen MR) is 86.0 cm³/mol. The second-order valence-electron chi connectivity index (χ2n) is 4.95. The second-order valence-corrected chi connectivity index (χ2v) is 4.95. The Morgan fingerprint density at radius 2 is 1.91 bits per heavy atom. The van der Waals surface area contributed by atoms with E-state index in [4.69, 9.17) is 4.74 Å². The minimum Gasteiger partial charge on any atom is -0.495 e. The van der Waals surface area contributed by atoms with Crippen molar-refractivity contribution < 1.29 is 18.7 Å².